The predicted molar refractivity (Wildman–Crippen MR) is 70.6 cm³/mol. The van der Waals surface area contributed by atoms with E-state index in [2.05, 4.69) is 5.32 Å². The number of halogens is 2. The van der Waals surface area contributed by atoms with E-state index in [9.17, 15) is 0 Å². The first-order valence-corrected chi connectivity index (χ1v) is 5.91. The summed E-state index contributed by atoms with van der Waals surface area (Å²) in [4.78, 5) is 0. The maximum Gasteiger partial charge on any atom is 0.127 e. The fourth-order valence-corrected chi connectivity index (χ4v) is 1.88. The summed E-state index contributed by atoms with van der Waals surface area (Å²) in [6.07, 6.45) is 1.61. The lowest BCUT2D eigenvalue weighted by molar-refractivity contribution is 0.482. The van der Waals surface area contributed by atoms with E-state index in [1.54, 1.807) is 24.5 Å². The van der Waals surface area contributed by atoms with E-state index in [-0.39, 0.29) is 6.04 Å². The molecule has 3 nitrogen and oxygen atoms in total. The molecule has 0 aliphatic rings. The third kappa shape index (κ3) is 2.94. The maximum atomic E-state index is 6.07. The van der Waals surface area contributed by atoms with Gasteiger partial charge in [0.25, 0.3) is 0 Å². The summed E-state index contributed by atoms with van der Waals surface area (Å²) in [7, 11) is 0. The highest BCUT2D eigenvalue weighted by Gasteiger charge is 2.13. The molecule has 17 heavy (non-hydrogen) atoms. The van der Waals surface area contributed by atoms with Gasteiger partial charge in [-0.1, -0.05) is 23.2 Å². The average Bonchev–Trinajstić information content (AvgIpc) is 2.84. The van der Waals surface area contributed by atoms with Gasteiger partial charge in [0.05, 0.1) is 23.0 Å². The van der Waals surface area contributed by atoms with E-state index < -0.39 is 0 Å². The molecule has 0 radical (unpaired) electrons. The minimum atomic E-state index is -0.124. The fraction of sp³-hybridized carbons (Fsp3) is 0.167. The molecule has 5 heteroatoms. The van der Waals surface area contributed by atoms with E-state index in [0.717, 1.165) is 11.4 Å². The van der Waals surface area contributed by atoms with Crippen molar-refractivity contribution in [3.63, 3.8) is 0 Å². The van der Waals surface area contributed by atoms with Gasteiger partial charge in [0, 0.05) is 11.6 Å². The number of rotatable bonds is 4. The molecule has 0 saturated carbocycles. The number of furan rings is 1. The normalized spacial score (nSPS) is 12.4. The molecule has 2 rings (SSSR count). The Labute approximate surface area is 110 Å². The topological polar surface area (TPSA) is 51.2 Å². The molecule has 0 fully saturated rings. The van der Waals surface area contributed by atoms with Crippen LogP contribution in [0, 0.1) is 0 Å². The highest BCUT2D eigenvalue weighted by molar-refractivity contribution is 6.35. The van der Waals surface area contributed by atoms with Crippen molar-refractivity contribution in [3.8, 4) is 0 Å². The number of anilines is 1. The Kier molecular flexibility index (Phi) is 3.94. The molecule has 2 aromatic rings. The van der Waals surface area contributed by atoms with Crippen molar-refractivity contribution in [2.45, 2.75) is 6.04 Å². The zero-order chi connectivity index (χ0) is 12.3. The van der Waals surface area contributed by atoms with Crippen LogP contribution in [0.2, 0.25) is 10.0 Å². The van der Waals surface area contributed by atoms with Gasteiger partial charge in [0.1, 0.15) is 5.76 Å². The van der Waals surface area contributed by atoms with Gasteiger partial charge in [0.15, 0.2) is 0 Å². The number of hydrogen-bond donors (Lipinski definition) is 2. The minimum absolute atomic E-state index is 0.124. The smallest absolute Gasteiger partial charge is 0.127 e. The quantitative estimate of drug-likeness (QED) is 0.891. The third-order valence-electron chi connectivity index (χ3n) is 2.38. The summed E-state index contributed by atoms with van der Waals surface area (Å²) in [5.41, 5.74) is 6.44. The standard InChI is InChI=1S/C12H12Cl2N2O/c13-8-3-4-9(14)10(6-8)16-11(7-15)12-2-1-5-17-12/h1-6,11,16H,7,15H2. The van der Waals surface area contributed by atoms with E-state index in [1.807, 2.05) is 12.1 Å². The Morgan fingerprint density at radius 2 is 2.12 bits per heavy atom. The summed E-state index contributed by atoms with van der Waals surface area (Å²) >= 11 is 12.0. The van der Waals surface area contributed by atoms with Gasteiger partial charge >= 0.3 is 0 Å². The van der Waals surface area contributed by atoms with Crippen LogP contribution in [0.1, 0.15) is 11.8 Å². The zero-order valence-corrected chi connectivity index (χ0v) is 10.5. The first-order chi connectivity index (χ1) is 8.20. The van der Waals surface area contributed by atoms with Gasteiger partial charge in [-0.05, 0) is 30.3 Å². The molecule has 3 N–H and O–H groups in total. The zero-order valence-electron chi connectivity index (χ0n) is 8.99. The molecule has 1 heterocycles. The van der Waals surface area contributed by atoms with Crippen LogP contribution in [0.3, 0.4) is 0 Å². The Balaban J connectivity index is 2.21. The molecule has 1 aromatic heterocycles. The van der Waals surface area contributed by atoms with Crippen LogP contribution >= 0.6 is 23.2 Å². The summed E-state index contributed by atoms with van der Waals surface area (Å²) in [5.74, 6) is 0.767. The van der Waals surface area contributed by atoms with E-state index in [4.69, 9.17) is 33.4 Å². The van der Waals surface area contributed by atoms with Crippen molar-refractivity contribution < 1.29 is 4.42 Å². The Bertz CT molecular complexity index is 485. The Morgan fingerprint density at radius 1 is 1.29 bits per heavy atom. The predicted octanol–water partition coefficient (Wildman–Crippen LogP) is 3.70. The van der Waals surface area contributed by atoms with Gasteiger partial charge < -0.3 is 15.5 Å². The molecular formula is C12H12Cl2N2O. The lowest BCUT2D eigenvalue weighted by atomic mass is 10.2. The van der Waals surface area contributed by atoms with Crippen molar-refractivity contribution in [3.05, 3.63) is 52.4 Å². The SMILES string of the molecule is NCC(Nc1cc(Cl)ccc1Cl)c1ccco1. The van der Waals surface area contributed by atoms with Crippen LogP contribution in [0.25, 0.3) is 0 Å². The summed E-state index contributed by atoms with van der Waals surface area (Å²) in [6.45, 7) is 0.399. The van der Waals surface area contributed by atoms with E-state index >= 15 is 0 Å². The van der Waals surface area contributed by atoms with Crippen molar-refractivity contribution in [2.24, 2.45) is 5.73 Å². The molecule has 0 aliphatic heterocycles. The van der Waals surface area contributed by atoms with Gasteiger partial charge in [-0.2, -0.15) is 0 Å². The number of nitrogens with one attached hydrogen (secondary N) is 1. The lowest BCUT2D eigenvalue weighted by Crippen LogP contribution is -2.20. The molecule has 1 atom stereocenters. The van der Waals surface area contributed by atoms with Gasteiger partial charge in [-0.15, -0.1) is 0 Å². The summed E-state index contributed by atoms with van der Waals surface area (Å²) < 4.78 is 5.31. The lowest BCUT2D eigenvalue weighted by Gasteiger charge is -2.17. The maximum absolute atomic E-state index is 6.07. The highest BCUT2D eigenvalue weighted by Crippen LogP contribution is 2.28. The van der Waals surface area contributed by atoms with Crippen molar-refractivity contribution in [2.75, 3.05) is 11.9 Å². The van der Waals surface area contributed by atoms with Crippen molar-refractivity contribution in [1.29, 1.82) is 0 Å². The summed E-state index contributed by atoms with van der Waals surface area (Å²) in [6, 6.07) is 8.79. The monoisotopic (exact) mass is 270 g/mol. The second-order valence-corrected chi connectivity index (χ2v) is 4.42. The van der Waals surface area contributed by atoms with Crippen LogP contribution in [0.5, 0.6) is 0 Å². The minimum Gasteiger partial charge on any atom is -0.467 e. The molecule has 1 unspecified atom stereocenters. The second-order valence-electron chi connectivity index (χ2n) is 3.57. The molecule has 0 bridgehead atoms. The number of nitrogens with two attached hydrogens (primary N) is 1. The van der Waals surface area contributed by atoms with E-state index in [1.165, 1.54) is 0 Å². The highest BCUT2D eigenvalue weighted by atomic mass is 35.5. The fourth-order valence-electron chi connectivity index (χ4n) is 1.53. The molecule has 0 spiro atoms. The molecule has 0 aliphatic carbocycles. The largest absolute Gasteiger partial charge is 0.467 e. The van der Waals surface area contributed by atoms with Gasteiger partial charge in [-0.25, -0.2) is 0 Å². The Hall–Kier alpha value is -1.16. The molecule has 0 saturated heterocycles. The first-order valence-electron chi connectivity index (χ1n) is 5.16. The second kappa shape index (κ2) is 5.45. The molecular weight excluding hydrogens is 259 g/mol. The molecule has 0 amide bonds. The van der Waals surface area contributed by atoms with Crippen molar-refractivity contribution >= 4 is 28.9 Å². The van der Waals surface area contributed by atoms with E-state index in [0.29, 0.717) is 16.6 Å². The molecule has 90 valence electrons. The number of benzene rings is 1. The number of hydrogen-bond acceptors (Lipinski definition) is 3. The average molecular weight is 271 g/mol. The molecule has 1 aromatic carbocycles. The van der Waals surface area contributed by atoms with Gasteiger partial charge in [0.2, 0.25) is 0 Å². The third-order valence-corrected chi connectivity index (χ3v) is 2.95. The van der Waals surface area contributed by atoms with Crippen molar-refractivity contribution in [1.82, 2.24) is 0 Å². The summed E-state index contributed by atoms with van der Waals surface area (Å²) in [5, 5.41) is 4.42. The first kappa shape index (κ1) is 12.3. The van der Waals surface area contributed by atoms with Gasteiger partial charge in [-0.3, -0.25) is 0 Å². The van der Waals surface area contributed by atoms with Crippen LogP contribution in [-0.4, -0.2) is 6.54 Å². The van der Waals surface area contributed by atoms with Crippen LogP contribution in [0.15, 0.2) is 41.0 Å². The Morgan fingerprint density at radius 3 is 2.76 bits per heavy atom. The van der Waals surface area contributed by atoms with Crippen LogP contribution < -0.4 is 11.1 Å². The van der Waals surface area contributed by atoms with Crippen LogP contribution in [0.4, 0.5) is 5.69 Å². The van der Waals surface area contributed by atoms with Crippen LogP contribution in [-0.2, 0) is 0 Å².